The molecule has 0 aromatic heterocycles. The van der Waals surface area contributed by atoms with Gasteiger partial charge in [-0.05, 0) is 51.0 Å². The summed E-state index contributed by atoms with van der Waals surface area (Å²) in [5.74, 6) is -1.84. The van der Waals surface area contributed by atoms with Crippen LogP contribution in [0.1, 0.15) is 58.4 Å². The highest BCUT2D eigenvalue weighted by Crippen LogP contribution is 2.47. The number of alkyl halides is 3. The van der Waals surface area contributed by atoms with Gasteiger partial charge >= 0.3 is 18.2 Å². The van der Waals surface area contributed by atoms with E-state index in [2.05, 4.69) is 0 Å². The number of hydrogen-bond acceptors (Lipinski definition) is 3. The summed E-state index contributed by atoms with van der Waals surface area (Å²) in [5, 5.41) is 0. The van der Waals surface area contributed by atoms with Crippen LogP contribution in [0.2, 0.25) is 0 Å². The van der Waals surface area contributed by atoms with Crippen LogP contribution in [-0.4, -0.2) is 59.3 Å². The normalized spacial score (nSPS) is 23.3. The lowest BCUT2D eigenvalue weighted by atomic mass is 9.79. The Hall–Kier alpha value is -2.25. The van der Waals surface area contributed by atoms with Crippen molar-refractivity contribution in [3.8, 4) is 0 Å². The molecule has 8 heteroatoms. The van der Waals surface area contributed by atoms with E-state index in [0.29, 0.717) is 32.4 Å². The van der Waals surface area contributed by atoms with Crippen molar-refractivity contribution in [1.82, 2.24) is 9.80 Å². The topological polar surface area (TPSA) is 49.9 Å². The largest absolute Gasteiger partial charge is 0.471 e. The molecule has 1 aromatic rings. The smallest absolute Gasteiger partial charge is 0.444 e. The monoisotopic (exact) mass is 440 g/mol. The Morgan fingerprint density at radius 2 is 1.71 bits per heavy atom. The average Bonchev–Trinajstić information content (AvgIpc) is 3.45. The van der Waals surface area contributed by atoms with Crippen molar-refractivity contribution in [1.29, 1.82) is 0 Å². The van der Waals surface area contributed by atoms with Gasteiger partial charge in [-0.2, -0.15) is 13.2 Å². The van der Waals surface area contributed by atoms with E-state index in [4.69, 9.17) is 4.74 Å². The third kappa shape index (κ3) is 5.92. The molecule has 2 aliphatic rings. The molecule has 3 rings (SSSR count). The number of likely N-dealkylation sites (tertiary alicyclic amines) is 1. The quantitative estimate of drug-likeness (QED) is 0.664. The van der Waals surface area contributed by atoms with Crippen LogP contribution in [0.5, 0.6) is 0 Å². The lowest BCUT2D eigenvalue weighted by Crippen LogP contribution is -2.51. The summed E-state index contributed by atoms with van der Waals surface area (Å²) in [7, 11) is 0. The van der Waals surface area contributed by atoms with Gasteiger partial charge in [0.1, 0.15) is 5.60 Å². The first-order valence-electron chi connectivity index (χ1n) is 10.7. The summed E-state index contributed by atoms with van der Waals surface area (Å²) in [6.45, 7) is 8.09. The zero-order chi connectivity index (χ0) is 23.0. The van der Waals surface area contributed by atoms with Gasteiger partial charge in [0, 0.05) is 31.6 Å². The van der Waals surface area contributed by atoms with Crippen molar-refractivity contribution in [2.24, 2.45) is 5.41 Å². The molecule has 0 bridgehead atoms. The number of amides is 2. The highest BCUT2D eigenvalue weighted by molar-refractivity contribution is 5.82. The molecule has 1 heterocycles. The van der Waals surface area contributed by atoms with Crippen LogP contribution in [0.3, 0.4) is 0 Å². The van der Waals surface area contributed by atoms with Crippen molar-refractivity contribution in [3.05, 3.63) is 35.9 Å². The van der Waals surface area contributed by atoms with Gasteiger partial charge in [0.25, 0.3) is 0 Å². The maximum absolute atomic E-state index is 13.4. The number of piperidine rings is 1. The fourth-order valence-corrected chi connectivity index (χ4v) is 4.21. The first kappa shape index (κ1) is 23.4. The van der Waals surface area contributed by atoms with E-state index in [1.165, 1.54) is 0 Å². The molecule has 1 aliphatic heterocycles. The first-order valence-corrected chi connectivity index (χ1v) is 10.7. The van der Waals surface area contributed by atoms with Gasteiger partial charge in [-0.15, -0.1) is 0 Å². The van der Waals surface area contributed by atoms with Crippen molar-refractivity contribution < 1.29 is 27.5 Å². The second kappa shape index (κ2) is 8.36. The predicted molar refractivity (Wildman–Crippen MR) is 111 cm³/mol. The van der Waals surface area contributed by atoms with Gasteiger partial charge < -0.3 is 14.5 Å². The standard InChI is InChI=1S/C23H31F3N2O3/c1-21(2,3)31-20(30)27-12-10-22(4,11-13-27)15-28(19(29)23(24,25)26)18-14-17(18)16-8-6-5-7-9-16/h5-9,17-18H,10-15H2,1-4H3/t17-,18+/m0/s1. The number of nitrogens with zero attached hydrogens (tertiary/aromatic N) is 2. The Morgan fingerprint density at radius 1 is 1.13 bits per heavy atom. The number of benzene rings is 1. The SMILES string of the molecule is CC1(CN(C(=O)C(F)(F)F)[C@@H]2C[C@H]2c2ccccc2)CCN(C(=O)OC(C)(C)C)CC1. The maximum atomic E-state index is 13.4. The Bertz CT molecular complexity index is 797. The van der Waals surface area contributed by atoms with Crippen LogP contribution in [0.4, 0.5) is 18.0 Å². The molecule has 0 unspecified atom stereocenters. The summed E-state index contributed by atoms with van der Waals surface area (Å²) in [5.41, 5.74) is -0.146. The molecule has 1 aliphatic carbocycles. The minimum Gasteiger partial charge on any atom is -0.444 e. The number of hydrogen-bond donors (Lipinski definition) is 0. The molecule has 5 nitrogen and oxygen atoms in total. The summed E-state index contributed by atoms with van der Waals surface area (Å²) < 4.78 is 45.5. The lowest BCUT2D eigenvalue weighted by molar-refractivity contribution is -0.188. The Kier molecular flexibility index (Phi) is 6.31. The zero-order valence-electron chi connectivity index (χ0n) is 18.5. The Labute approximate surface area is 181 Å². The van der Waals surface area contributed by atoms with Crippen LogP contribution < -0.4 is 0 Å². The van der Waals surface area contributed by atoms with Crippen molar-refractivity contribution >= 4 is 12.0 Å². The number of rotatable bonds is 4. The van der Waals surface area contributed by atoms with E-state index < -0.39 is 35.2 Å². The molecule has 1 saturated heterocycles. The van der Waals surface area contributed by atoms with Gasteiger partial charge in [-0.25, -0.2) is 4.79 Å². The van der Waals surface area contributed by atoms with E-state index >= 15 is 0 Å². The summed E-state index contributed by atoms with van der Waals surface area (Å²) in [6, 6.07) is 8.91. The highest BCUT2D eigenvalue weighted by atomic mass is 19.4. The third-order valence-corrected chi connectivity index (χ3v) is 6.06. The predicted octanol–water partition coefficient (Wildman–Crippen LogP) is 4.97. The Balaban J connectivity index is 1.68. The Morgan fingerprint density at radius 3 is 2.23 bits per heavy atom. The molecule has 0 N–H and O–H groups in total. The van der Waals surface area contributed by atoms with E-state index in [1.54, 1.807) is 25.7 Å². The minimum absolute atomic E-state index is 0.0293. The van der Waals surface area contributed by atoms with Crippen molar-refractivity contribution in [2.45, 2.75) is 70.7 Å². The number of ether oxygens (including phenoxy) is 1. The molecule has 2 fully saturated rings. The van der Waals surface area contributed by atoms with Gasteiger partial charge in [0.15, 0.2) is 0 Å². The first-order chi connectivity index (χ1) is 14.3. The van der Waals surface area contributed by atoms with Gasteiger partial charge in [-0.3, -0.25) is 4.79 Å². The van der Waals surface area contributed by atoms with E-state index in [-0.39, 0.29) is 12.5 Å². The van der Waals surface area contributed by atoms with Gasteiger partial charge in [-0.1, -0.05) is 37.3 Å². The minimum atomic E-state index is -4.91. The number of carbonyl (C=O) groups excluding carboxylic acids is 2. The molecule has 0 radical (unpaired) electrons. The molecule has 2 amide bonds. The fraction of sp³-hybridized carbons (Fsp3) is 0.652. The van der Waals surface area contributed by atoms with Crippen LogP contribution in [0.15, 0.2) is 30.3 Å². The summed E-state index contributed by atoms with van der Waals surface area (Å²) >= 11 is 0. The summed E-state index contributed by atoms with van der Waals surface area (Å²) in [4.78, 5) is 27.2. The number of carbonyl (C=O) groups is 2. The van der Waals surface area contributed by atoms with Crippen LogP contribution in [0.25, 0.3) is 0 Å². The zero-order valence-corrected chi connectivity index (χ0v) is 18.5. The molecule has 31 heavy (non-hydrogen) atoms. The third-order valence-electron chi connectivity index (χ3n) is 6.06. The molecule has 1 saturated carbocycles. The van der Waals surface area contributed by atoms with Gasteiger partial charge in [0.2, 0.25) is 0 Å². The van der Waals surface area contributed by atoms with Gasteiger partial charge in [0.05, 0.1) is 0 Å². The maximum Gasteiger partial charge on any atom is 0.471 e. The lowest BCUT2D eigenvalue weighted by Gasteiger charge is -2.42. The van der Waals surface area contributed by atoms with E-state index in [1.807, 2.05) is 37.3 Å². The number of halogens is 3. The molecular weight excluding hydrogens is 409 g/mol. The van der Waals surface area contributed by atoms with E-state index in [9.17, 15) is 22.8 Å². The van der Waals surface area contributed by atoms with Crippen LogP contribution >= 0.6 is 0 Å². The molecule has 172 valence electrons. The molecule has 0 spiro atoms. The van der Waals surface area contributed by atoms with Crippen LogP contribution in [-0.2, 0) is 9.53 Å². The molecule has 2 atom stereocenters. The van der Waals surface area contributed by atoms with Crippen LogP contribution in [0, 0.1) is 5.41 Å². The fourth-order valence-electron chi connectivity index (χ4n) is 4.21. The highest BCUT2D eigenvalue weighted by Gasteiger charge is 2.53. The summed E-state index contributed by atoms with van der Waals surface area (Å²) in [6.07, 6.45) is -3.76. The van der Waals surface area contributed by atoms with E-state index in [0.717, 1.165) is 10.5 Å². The second-order valence-corrected chi connectivity index (χ2v) is 10.0. The second-order valence-electron chi connectivity index (χ2n) is 10.0. The average molecular weight is 441 g/mol. The van der Waals surface area contributed by atoms with Crippen molar-refractivity contribution in [3.63, 3.8) is 0 Å². The molecular formula is C23H31F3N2O3. The van der Waals surface area contributed by atoms with Crippen molar-refractivity contribution in [2.75, 3.05) is 19.6 Å². The molecule has 1 aromatic carbocycles.